The third-order valence-electron chi connectivity index (χ3n) is 5.93. The van der Waals surface area contributed by atoms with Gasteiger partial charge in [-0.1, -0.05) is 32.1 Å². The van der Waals surface area contributed by atoms with Gasteiger partial charge in [0.25, 0.3) is 0 Å². The Morgan fingerprint density at radius 2 is 1.55 bits per heavy atom. The maximum atomic E-state index is 12.2. The lowest BCUT2D eigenvalue weighted by Gasteiger charge is -2.23. The van der Waals surface area contributed by atoms with Gasteiger partial charge >= 0.3 is 6.03 Å². The van der Waals surface area contributed by atoms with Crippen molar-refractivity contribution < 1.29 is 9.59 Å². The Morgan fingerprint density at radius 1 is 0.897 bits per heavy atom. The van der Waals surface area contributed by atoms with Crippen LogP contribution in [0.4, 0.5) is 16.2 Å². The smallest absolute Gasteiger partial charge is 0.315 e. The molecule has 0 radical (unpaired) electrons. The Bertz CT molecular complexity index is 633. The van der Waals surface area contributed by atoms with Crippen molar-refractivity contribution >= 4 is 23.3 Å². The van der Waals surface area contributed by atoms with Crippen LogP contribution in [0.15, 0.2) is 24.3 Å². The summed E-state index contributed by atoms with van der Waals surface area (Å²) in [7, 11) is 0. The summed E-state index contributed by atoms with van der Waals surface area (Å²) in [5.41, 5.74) is 2.06. The minimum atomic E-state index is -0.110. The number of nitrogens with one attached hydrogen (secondary N) is 3. The molecule has 2 fully saturated rings. The lowest BCUT2D eigenvalue weighted by molar-refractivity contribution is -0.116. The van der Waals surface area contributed by atoms with Gasteiger partial charge in [-0.25, -0.2) is 4.79 Å². The molecule has 3 rings (SSSR count). The van der Waals surface area contributed by atoms with Crippen LogP contribution in [0, 0.1) is 0 Å². The summed E-state index contributed by atoms with van der Waals surface area (Å²) in [6.07, 6.45) is 12.0. The Balaban J connectivity index is 1.31. The number of hydrogen-bond acceptors (Lipinski definition) is 3. The Kier molecular flexibility index (Phi) is 8.65. The molecule has 0 aromatic heterocycles. The highest BCUT2D eigenvalue weighted by Gasteiger charge is 2.15. The van der Waals surface area contributed by atoms with Crippen molar-refractivity contribution in [2.24, 2.45) is 0 Å². The predicted octanol–water partition coefficient (Wildman–Crippen LogP) is 4.42. The number of anilines is 2. The number of amides is 3. The number of hydrogen-bond donors (Lipinski definition) is 3. The third kappa shape index (κ3) is 7.59. The number of urea groups is 1. The van der Waals surface area contributed by atoms with Gasteiger partial charge < -0.3 is 20.9 Å². The predicted molar refractivity (Wildman–Crippen MR) is 118 cm³/mol. The molecule has 6 heteroatoms. The van der Waals surface area contributed by atoms with Crippen molar-refractivity contribution in [3.8, 4) is 0 Å². The number of rotatable bonds is 7. The molecule has 0 atom stereocenters. The third-order valence-corrected chi connectivity index (χ3v) is 5.93. The van der Waals surface area contributed by atoms with Crippen LogP contribution in [0.2, 0.25) is 0 Å². The SMILES string of the molecule is O=C(CCCNC(=O)NC1CCCCC1)Nc1ccc(N2CCCCCC2)cc1. The zero-order valence-electron chi connectivity index (χ0n) is 17.5. The average molecular weight is 401 g/mol. The summed E-state index contributed by atoms with van der Waals surface area (Å²) in [5.74, 6) is -0.0120. The maximum Gasteiger partial charge on any atom is 0.315 e. The topological polar surface area (TPSA) is 73.5 Å². The molecule has 1 aromatic carbocycles. The van der Waals surface area contributed by atoms with Gasteiger partial charge in [-0.05, 0) is 56.4 Å². The highest BCUT2D eigenvalue weighted by Crippen LogP contribution is 2.21. The second kappa shape index (κ2) is 11.7. The molecule has 6 nitrogen and oxygen atoms in total. The molecule has 1 saturated carbocycles. The monoisotopic (exact) mass is 400 g/mol. The van der Waals surface area contributed by atoms with Crippen LogP contribution >= 0.6 is 0 Å². The maximum absolute atomic E-state index is 12.2. The van der Waals surface area contributed by atoms with E-state index < -0.39 is 0 Å². The molecule has 1 aromatic rings. The van der Waals surface area contributed by atoms with E-state index in [4.69, 9.17) is 0 Å². The molecular weight excluding hydrogens is 364 g/mol. The van der Waals surface area contributed by atoms with Crippen LogP contribution in [0.25, 0.3) is 0 Å². The second-order valence-electron chi connectivity index (χ2n) is 8.34. The molecule has 29 heavy (non-hydrogen) atoms. The molecule has 0 spiro atoms. The average Bonchev–Trinajstić information content (AvgIpc) is 3.02. The van der Waals surface area contributed by atoms with E-state index in [0.717, 1.165) is 31.6 Å². The van der Waals surface area contributed by atoms with Gasteiger partial charge in [-0.3, -0.25) is 4.79 Å². The minimum absolute atomic E-state index is 0.0120. The van der Waals surface area contributed by atoms with E-state index >= 15 is 0 Å². The van der Waals surface area contributed by atoms with Gasteiger partial charge in [0.2, 0.25) is 5.91 Å². The summed E-state index contributed by atoms with van der Waals surface area (Å²) in [5, 5.41) is 8.84. The second-order valence-corrected chi connectivity index (χ2v) is 8.34. The van der Waals surface area contributed by atoms with E-state index in [-0.39, 0.29) is 11.9 Å². The number of nitrogens with zero attached hydrogens (tertiary/aromatic N) is 1. The van der Waals surface area contributed by atoms with E-state index in [1.165, 1.54) is 50.6 Å². The van der Waals surface area contributed by atoms with Crippen molar-refractivity contribution in [2.45, 2.75) is 76.7 Å². The zero-order valence-corrected chi connectivity index (χ0v) is 17.5. The molecule has 1 heterocycles. The van der Waals surface area contributed by atoms with Gasteiger partial charge in [0.15, 0.2) is 0 Å². The normalized spacial score (nSPS) is 18.0. The van der Waals surface area contributed by atoms with Crippen LogP contribution in [0.5, 0.6) is 0 Å². The molecule has 1 aliphatic carbocycles. The van der Waals surface area contributed by atoms with Crippen LogP contribution in [0.3, 0.4) is 0 Å². The van der Waals surface area contributed by atoms with E-state index in [2.05, 4.69) is 33.0 Å². The first-order valence-electron chi connectivity index (χ1n) is 11.4. The van der Waals surface area contributed by atoms with Crippen molar-refractivity contribution in [1.82, 2.24) is 10.6 Å². The minimum Gasteiger partial charge on any atom is -0.372 e. The fourth-order valence-corrected chi connectivity index (χ4v) is 4.24. The molecule has 0 unspecified atom stereocenters. The molecule has 3 amide bonds. The molecule has 1 aliphatic heterocycles. The lowest BCUT2D eigenvalue weighted by atomic mass is 9.96. The molecule has 3 N–H and O–H groups in total. The number of benzene rings is 1. The quantitative estimate of drug-likeness (QED) is 0.593. The summed E-state index contributed by atoms with van der Waals surface area (Å²) < 4.78 is 0. The van der Waals surface area contributed by atoms with E-state index in [1.54, 1.807) is 0 Å². The van der Waals surface area contributed by atoms with E-state index in [9.17, 15) is 9.59 Å². The summed E-state index contributed by atoms with van der Waals surface area (Å²) >= 11 is 0. The van der Waals surface area contributed by atoms with Crippen molar-refractivity contribution in [3.05, 3.63) is 24.3 Å². The zero-order chi connectivity index (χ0) is 20.3. The van der Waals surface area contributed by atoms with Crippen molar-refractivity contribution in [2.75, 3.05) is 29.9 Å². The van der Waals surface area contributed by atoms with Crippen LogP contribution in [-0.2, 0) is 4.79 Å². The molecular formula is C23H36N4O2. The Hall–Kier alpha value is -2.24. The molecule has 2 aliphatic rings. The highest BCUT2D eigenvalue weighted by molar-refractivity contribution is 5.90. The van der Waals surface area contributed by atoms with E-state index in [1.807, 2.05) is 12.1 Å². The van der Waals surface area contributed by atoms with Crippen molar-refractivity contribution in [1.29, 1.82) is 0 Å². The largest absolute Gasteiger partial charge is 0.372 e. The number of carbonyl (C=O) groups excluding carboxylic acids is 2. The van der Waals surface area contributed by atoms with Gasteiger partial charge in [0.1, 0.15) is 0 Å². The molecule has 0 bridgehead atoms. The molecule has 160 valence electrons. The highest BCUT2D eigenvalue weighted by atomic mass is 16.2. The van der Waals surface area contributed by atoms with Gasteiger partial charge in [0, 0.05) is 43.5 Å². The first-order chi connectivity index (χ1) is 14.2. The Morgan fingerprint density at radius 3 is 2.24 bits per heavy atom. The van der Waals surface area contributed by atoms with Crippen LogP contribution < -0.4 is 20.9 Å². The number of carbonyl (C=O) groups is 2. The Labute approximate surface area is 174 Å². The first kappa shape index (κ1) is 21.5. The van der Waals surface area contributed by atoms with Crippen LogP contribution in [0.1, 0.15) is 70.6 Å². The standard InChI is InChI=1S/C23H36N4O2/c28-22(11-8-16-24-23(29)26-19-9-4-3-5-10-19)25-20-12-14-21(15-13-20)27-17-6-1-2-7-18-27/h12-15,19H,1-11,16-18H2,(H,25,28)(H2,24,26,29). The fourth-order valence-electron chi connectivity index (χ4n) is 4.24. The lowest BCUT2D eigenvalue weighted by Crippen LogP contribution is -2.43. The van der Waals surface area contributed by atoms with Gasteiger partial charge in [-0.15, -0.1) is 0 Å². The first-order valence-corrected chi connectivity index (χ1v) is 11.4. The summed E-state index contributed by atoms with van der Waals surface area (Å²) in [4.78, 5) is 26.5. The van der Waals surface area contributed by atoms with Crippen LogP contribution in [-0.4, -0.2) is 37.6 Å². The summed E-state index contributed by atoms with van der Waals surface area (Å²) in [6, 6.07) is 8.35. The van der Waals surface area contributed by atoms with E-state index in [0.29, 0.717) is 25.4 Å². The van der Waals surface area contributed by atoms with Gasteiger partial charge in [-0.2, -0.15) is 0 Å². The van der Waals surface area contributed by atoms with Crippen molar-refractivity contribution in [3.63, 3.8) is 0 Å². The van der Waals surface area contributed by atoms with Gasteiger partial charge in [0.05, 0.1) is 0 Å². The molecule has 1 saturated heterocycles. The summed E-state index contributed by atoms with van der Waals surface area (Å²) in [6.45, 7) is 2.75. The fraction of sp³-hybridized carbons (Fsp3) is 0.652.